The molecule has 2 heterocycles. The average molecular weight is 508 g/mol. The van der Waals surface area contributed by atoms with Crippen LogP contribution in [0.5, 0.6) is 0 Å². The zero-order chi connectivity index (χ0) is 23.8. The average Bonchev–Trinajstić information content (AvgIpc) is 3.28. The number of nitrogens with one attached hydrogen (secondary N) is 1. The van der Waals surface area contributed by atoms with E-state index in [4.69, 9.17) is 4.74 Å². The summed E-state index contributed by atoms with van der Waals surface area (Å²) in [4.78, 5) is 41.3. The lowest BCUT2D eigenvalue weighted by Gasteiger charge is -2.15. The van der Waals surface area contributed by atoms with Crippen LogP contribution < -0.4 is 10.4 Å². The van der Waals surface area contributed by atoms with Gasteiger partial charge in [-0.1, -0.05) is 17.7 Å². The number of Topliss-reactive ketones (excluding diaryl/α,β-unsaturated/α-hetero) is 1. The van der Waals surface area contributed by atoms with E-state index < -0.39 is 15.7 Å². The van der Waals surface area contributed by atoms with Gasteiger partial charge in [0.2, 0.25) is 0 Å². The summed E-state index contributed by atoms with van der Waals surface area (Å²) in [6, 6.07) is 6.30. The molecule has 0 atom stereocenters. The van der Waals surface area contributed by atoms with Gasteiger partial charge in [-0.3, -0.25) is 18.9 Å². The van der Waals surface area contributed by atoms with Gasteiger partial charge in [0, 0.05) is 17.9 Å². The van der Waals surface area contributed by atoms with E-state index in [1.807, 2.05) is 6.92 Å². The van der Waals surface area contributed by atoms with Crippen molar-refractivity contribution in [2.45, 2.75) is 42.2 Å². The quantitative estimate of drug-likeness (QED) is 0.364. The van der Waals surface area contributed by atoms with Gasteiger partial charge in [-0.05, 0) is 32.4 Å². The molecule has 0 aromatic heterocycles. The third kappa shape index (κ3) is 4.68. The molecule has 0 fully saturated rings. The highest BCUT2D eigenvalue weighted by Crippen LogP contribution is 2.41. The van der Waals surface area contributed by atoms with Gasteiger partial charge >= 0.3 is 11.7 Å². The normalized spacial score (nSPS) is 13.3. The van der Waals surface area contributed by atoms with Crippen molar-refractivity contribution in [2.24, 2.45) is 0 Å². The van der Waals surface area contributed by atoms with Crippen LogP contribution in [0.15, 0.2) is 38.2 Å². The van der Waals surface area contributed by atoms with Gasteiger partial charge in [0.05, 0.1) is 27.0 Å². The molecule has 12 heteroatoms. The van der Waals surface area contributed by atoms with Gasteiger partial charge in [0.15, 0.2) is 11.6 Å². The maximum Gasteiger partial charge on any atom is 0.354 e. The largest absolute Gasteiger partial charge is 0.466 e. The number of carbonyl (C=O) groups is 2. The first kappa shape index (κ1) is 23.5. The molecule has 0 amide bonds. The van der Waals surface area contributed by atoms with E-state index in [-0.39, 0.29) is 41.9 Å². The van der Waals surface area contributed by atoms with Gasteiger partial charge in [-0.25, -0.2) is 13.2 Å². The molecular weight excluding hydrogens is 486 g/mol. The SMILES string of the molecule is CCOC(=O)CCSc1sc2c(n3c(=O)nc(NS(=O)(=O)c4ccc(C)cc4)c1-3)CCC2=O. The summed E-state index contributed by atoms with van der Waals surface area (Å²) in [6.07, 6.45) is 0.788. The molecule has 0 unspecified atom stereocenters. The fourth-order valence-corrected chi connectivity index (χ4v) is 6.98. The van der Waals surface area contributed by atoms with Crippen LogP contribution in [0.1, 0.15) is 40.7 Å². The summed E-state index contributed by atoms with van der Waals surface area (Å²) in [5, 5.41) is 0. The first-order valence-corrected chi connectivity index (χ1v) is 13.5. The molecule has 33 heavy (non-hydrogen) atoms. The number of anilines is 1. The van der Waals surface area contributed by atoms with Crippen molar-refractivity contribution in [1.29, 1.82) is 0 Å². The van der Waals surface area contributed by atoms with Crippen molar-refractivity contribution in [1.82, 2.24) is 9.55 Å². The van der Waals surface area contributed by atoms with Crippen LogP contribution in [0.4, 0.5) is 5.82 Å². The number of sulfonamides is 1. The highest BCUT2D eigenvalue weighted by molar-refractivity contribution is 8.01. The number of fused-ring (bicyclic) bond motifs is 3. The molecular formula is C21H21N3O6S3. The summed E-state index contributed by atoms with van der Waals surface area (Å²) in [7, 11) is -4.00. The maximum atomic E-state index is 13.0. The molecule has 174 valence electrons. The lowest BCUT2D eigenvalue weighted by Crippen LogP contribution is -2.18. The van der Waals surface area contributed by atoms with Crippen molar-refractivity contribution in [3.63, 3.8) is 0 Å². The van der Waals surface area contributed by atoms with Gasteiger partial charge in [-0.2, -0.15) is 4.98 Å². The lowest BCUT2D eigenvalue weighted by molar-refractivity contribution is -0.142. The number of rotatable bonds is 8. The molecule has 4 rings (SSSR count). The second-order valence-corrected chi connectivity index (χ2v) is 11.4. The predicted molar refractivity (Wildman–Crippen MR) is 126 cm³/mol. The zero-order valence-electron chi connectivity index (χ0n) is 17.9. The first-order chi connectivity index (χ1) is 15.7. The van der Waals surface area contributed by atoms with E-state index in [1.54, 1.807) is 19.1 Å². The number of ketones is 1. The van der Waals surface area contributed by atoms with Crippen molar-refractivity contribution in [3.05, 3.63) is 50.9 Å². The Morgan fingerprint density at radius 2 is 1.97 bits per heavy atom. The summed E-state index contributed by atoms with van der Waals surface area (Å²) in [5.74, 6) is -0.195. The minimum atomic E-state index is -4.00. The fraction of sp³-hybridized carbons (Fsp3) is 0.333. The molecule has 3 aliphatic rings. The van der Waals surface area contributed by atoms with Crippen molar-refractivity contribution < 1.29 is 22.7 Å². The van der Waals surface area contributed by atoms with Crippen LogP contribution in [0.3, 0.4) is 0 Å². The second kappa shape index (κ2) is 9.27. The highest BCUT2D eigenvalue weighted by atomic mass is 32.2. The second-order valence-electron chi connectivity index (χ2n) is 7.34. The minimum absolute atomic E-state index is 0.0400. The summed E-state index contributed by atoms with van der Waals surface area (Å²) in [6.45, 7) is 3.84. The Balaban J connectivity index is 1.75. The Labute approximate surface area is 198 Å². The van der Waals surface area contributed by atoms with Crippen molar-refractivity contribution in [2.75, 3.05) is 17.1 Å². The van der Waals surface area contributed by atoms with Gasteiger partial charge in [-0.15, -0.1) is 23.1 Å². The first-order valence-electron chi connectivity index (χ1n) is 10.2. The Bertz CT molecular complexity index is 1360. The zero-order valence-corrected chi connectivity index (χ0v) is 20.4. The number of imidazole rings is 1. The Kier molecular flexibility index (Phi) is 6.59. The number of carbonyl (C=O) groups excluding carboxylic acids is 2. The van der Waals surface area contributed by atoms with Crippen LogP contribution in [0.25, 0.3) is 5.69 Å². The lowest BCUT2D eigenvalue weighted by atomic mass is 10.2. The molecule has 9 nitrogen and oxygen atoms in total. The number of hydrogen-bond donors (Lipinski definition) is 1. The number of ether oxygens (including phenoxy) is 1. The number of esters is 1. The van der Waals surface area contributed by atoms with Gasteiger partial charge < -0.3 is 4.74 Å². The molecule has 0 saturated carbocycles. The van der Waals surface area contributed by atoms with E-state index >= 15 is 0 Å². The Hall–Kier alpha value is -2.70. The molecule has 0 radical (unpaired) electrons. The third-order valence-corrected chi connectivity index (χ3v) is 8.88. The number of hydrogen-bond acceptors (Lipinski definition) is 9. The van der Waals surface area contributed by atoms with Crippen LogP contribution >= 0.6 is 23.1 Å². The van der Waals surface area contributed by atoms with Crippen molar-refractivity contribution >= 4 is 50.7 Å². The molecule has 1 aromatic rings. The number of nitrogens with zero attached hydrogens (tertiary/aromatic N) is 2. The minimum Gasteiger partial charge on any atom is -0.466 e. The van der Waals surface area contributed by atoms with E-state index in [0.717, 1.165) is 5.56 Å². The van der Waals surface area contributed by atoms with Crippen LogP contribution in [0, 0.1) is 6.92 Å². The van der Waals surface area contributed by atoms with E-state index in [1.165, 1.54) is 39.8 Å². The molecule has 1 aromatic carbocycles. The number of thioether (sulfide) groups is 1. The monoisotopic (exact) mass is 507 g/mol. The van der Waals surface area contributed by atoms with Gasteiger partial charge in [0.25, 0.3) is 10.0 Å². The summed E-state index contributed by atoms with van der Waals surface area (Å²) < 4.78 is 35.1. The third-order valence-electron chi connectivity index (χ3n) is 5.02. The maximum absolute atomic E-state index is 13.0. The van der Waals surface area contributed by atoms with E-state index in [9.17, 15) is 22.8 Å². The number of benzene rings is 1. The van der Waals surface area contributed by atoms with E-state index in [0.29, 0.717) is 32.6 Å². The molecule has 2 aliphatic heterocycles. The molecule has 1 N–H and O–H groups in total. The molecule has 1 aliphatic carbocycles. The topological polar surface area (TPSA) is 124 Å². The molecule has 0 spiro atoms. The van der Waals surface area contributed by atoms with Crippen molar-refractivity contribution in [3.8, 4) is 5.69 Å². The number of aryl methyl sites for hydroxylation is 1. The molecule has 0 saturated heterocycles. The Morgan fingerprint density at radius 1 is 1.24 bits per heavy atom. The Morgan fingerprint density at radius 3 is 2.67 bits per heavy atom. The fourth-order valence-electron chi connectivity index (χ4n) is 3.46. The van der Waals surface area contributed by atoms with Crippen LogP contribution in [-0.2, 0) is 26.0 Å². The summed E-state index contributed by atoms with van der Waals surface area (Å²) in [5.41, 5.74) is 1.08. The van der Waals surface area contributed by atoms with Crippen LogP contribution in [-0.4, -0.2) is 42.1 Å². The van der Waals surface area contributed by atoms with Crippen LogP contribution in [0.2, 0.25) is 0 Å². The van der Waals surface area contributed by atoms with E-state index in [2.05, 4.69) is 9.71 Å². The predicted octanol–water partition coefficient (Wildman–Crippen LogP) is 3.02. The highest BCUT2D eigenvalue weighted by Gasteiger charge is 2.33. The molecule has 0 bridgehead atoms. The number of aromatic nitrogens is 2. The van der Waals surface area contributed by atoms with Gasteiger partial charge in [0.1, 0.15) is 5.69 Å². The smallest absolute Gasteiger partial charge is 0.354 e. The summed E-state index contributed by atoms with van der Waals surface area (Å²) >= 11 is 2.45. The standard InChI is InChI=1S/C21H21N3O6S3/c1-3-30-16(26)10-11-31-20-17-19(23-33(28,29)13-6-4-12(2)5-7-13)22-21(27)24(17)14-8-9-15(25)18(14)32-20/h4-7H,3,8-11H2,1-2H3,(H,22,23,27).